The molecule has 0 saturated carbocycles. The van der Waals surface area contributed by atoms with Crippen molar-refractivity contribution in [2.24, 2.45) is 5.73 Å². The third-order valence-corrected chi connectivity index (χ3v) is 3.64. The van der Waals surface area contributed by atoms with Crippen LogP contribution in [0.5, 0.6) is 5.75 Å². The fraction of sp³-hybridized carbons (Fsp3) is 0.571. The molecule has 1 aromatic carbocycles. The quantitative estimate of drug-likeness (QED) is 0.871. The second kappa shape index (κ2) is 5.52. The van der Waals surface area contributed by atoms with Crippen LogP contribution in [0.2, 0.25) is 0 Å². The lowest BCUT2D eigenvalue weighted by Crippen LogP contribution is -2.43. The minimum absolute atomic E-state index is 0.337. The average Bonchev–Trinajstić information content (AvgIpc) is 2.38. The van der Waals surface area contributed by atoms with Crippen LogP contribution in [0.1, 0.15) is 31.4 Å². The molecule has 2 atom stereocenters. The third-order valence-electron chi connectivity index (χ3n) is 3.64. The molecular formula is C14H22N2O. The Labute approximate surface area is 104 Å². The van der Waals surface area contributed by atoms with E-state index in [1.54, 1.807) is 7.11 Å². The Bertz CT molecular complexity index is 350. The van der Waals surface area contributed by atoms with Crippen LogP contribution in [-0.2, 0) is 0 Å². The Balaban J connectivity index is 2.04. The van der Waals surface area contributed by atoms with Gasteiger partial charge in [0.1, 0.15) is 5.75 Å². The van der Waals surface area contributed by atoms with Crippen molar-refractivity contribution < 1.29 is 4.74 Å². The van der Waals surface area contributed by atoms with Gasteiger partial charge in [0.2, 0.25) is 0 Å². The highest BCUT2D eigenvalue weighted by Gasteiger charge is 2.21. The second-order valence-corrected chi connectivity index (χ2v) is 4.85. The standard InChI is InChI=1S/C14H22N2O/c1-11(16-9-3-4-13(15)10-16)12-5-7-14(17-2)8-6-12/h5-8,11,13H,3-4,9-10,15H2,1-2H3. The zero-order valence-electron chi connectivity index (χ0n) is 10.7. The van der Waals surface area contributed by atoms with Crippen LogP contribution in [-0.4, -0.2) is 31.1 Å². The Morgan fingerprint density at radius 1 is 1.35 bits per heavy atom. The maximum atomic E-state index is 6.02. The van der Waals surface area contributed by atoms with Crippen LogP contribution in [0, 0.1) is 0 Å². The molecule has 1 aromatic rings. The molecule has 3 heteroatoms. The van der Waals surface area contributed by atoms with Gasteiger partial charge in [-0.2, -0.15) is 0 Å². The number of ether oxygens (including phenoxy) is 1. The van der Waals surface area contributed by atoms with Crippen LogP contribution in [0.25, 0.3) is 0 Å². The van der Waals surface area contributed by atoms with E-state index in [9.17, 15) is 0 Å². The molecule has 0 aromatic heterocycles. The molecule has 1 saturated heterocycles. The first-order chi connectivity index (χ1) is 8.20. The predicted octanol–water partition coefficient (Wildman–Crippen LogP) is 2.18. The molecule has 1 heterocycles. The highest BCUT2D eigenvalue weighted by Crippen LogP contribution is 2.25. The van der Waals surface area contributed by atoms with Gasteiger partial charge in [-0.05, 0) is 44.0 Å². The van der Waals surface area contributed by atoms with E-state index in [0.717, 1.165) is 25.3 Å². The molecule has 1 aliphatic rings. The summed E-state index contributed by atoms with van der Waals surface area (Å²) in [6, 6.07) is 9.11. The molecule has 2 N–H and O–H groups in total. The van der Waals surface area contributed by atoms with Crippen molar-refractivity contribution in [2.45, 2.75) is 31.8 Å². The Morgan fingerprint density at radius 2 is 2.06 bits per heavy atom. The summed E-state index contributed by atoms with van der Waals surface area (Å²) in [5, 5.41) is 0. The molecule has 0 aliphatic carbocycles. The normalized spacial score (nSPS) is 23.4. The van der Waals surface area contributed by atoms with Gasteiger partial charge in [-0.15, -0.1) is 0 Å². The first-order valence-electron chi connectivity index (χ1n) is 6.34. The van der Waals surface area contributed by atoms with E-state index >= 15 is 0 Å². The number of rotatable bonds is 3. The summed E-state index contributed by atoms with van der Waals surface area (Å²) in [4.78, 5) is 2.47. The maximum Gasteiger partial charge on any atom is 0.118 e. The number of piperidine rings is 1. The molecule has 94 valence electrons. The van der Waals surface area contributed by atoms with E-state index in [1.807, 2.05) is 12.1 Å². The zero-order chi connectivity index (χ0) is 12.3. The second-order valence-electron chi connectivity index (χ2n) is 4.85. The van der Waals surface area contributed by atoms with Gasteiger partial charge < -0.3 is 10.5 Å². The molecule has 2 unspecified atom stereocenters. The van der Waals surface area contributed by atoms with E-state index in [-0.39, 0.29) is 0 Å². The fourth-order valence-corrected chi connectivity index (χ4v) is 2.49. The largest absolute Gasteiger partial charge is 0.497 e. The minimum atomic E-state index is 0.337. The van der Waals surface area contributed by atoms with Crippen molar-refractivity contribution in [1.82, 2.24) is 4.90 Å². The SMILES string of the molecule is COc1ccc(C(C)N2CCCC(N)C2)cc1. The average molecular weight is 234 g/mol. The molecule has 3 nitrogen and oxygen atoms in total. The van der Waals surface area contributed by atoms with Crippen molar-refractivity contribution in [1.29, 1.82) is 0 Å². The highest BCUT2D eigenvalue weighted by molar-refractivity contribution is 5.28. The van der Waals surface area contributed by atoms with E-state index in [1.165, 1.54) is 12.0 Å². The number of nitrogens with two attached hydrogens (primary N) is 1. The molecular weight excluding hydrogens is 212 g/mol. The summed E-state index contributed by atoms with van der Waals surface area (Å²) >= 11 is 0. The number of nitrogens with zero attached hydrogens (tertiary/aromatic N) is 1. The summed E-state index contributed by atoms with van der Waals surface area (Å²) in [6.45, 7) is 4.41. The van der Waals surface area contributed by atoms with E-state index in [0.29, 0.717) is 12.1 Å². The summed E-state index contributed by atoms with van der Waals surface area (Å²) in [6.07, 6.45) is 2.37. The smallest absolute Gasteiger partial charge is 0.118 e. The number of benzene rings is 1. The Kier molecular flexibility index (Phi) is 4.02. The molecule has 1 aliphatic heterocycles. The number of hydrogen-bond acceptors (Lipinski definition) is 3. The van der Waals surface area contributed by atoms with Crippen molar-refractivity contribution in [2.75, 3.05) is 20.2 Å². The number of hydrogen-bond donors (Lipinski definition) is 1. The molecule has 0 bridgehead atoms. The first kappa shape index (κ1) is 12.4. The van der Waals surface area contributed by atoms with Gasteiger partial charge in [-0.3, -0.25) is 4.90 Å². The molecule has 2 rings (SSSR count). The van der Waals surface area contributed by atoms with Crippen molar-refractivity contribution in [3.8, 4) is 5.75 Å². The van der Waals surface area contributed by atoms with Crippen molar-refractivity contribution in [3.05, 3.63) is 29.8 Å². The van der Waals surface area contributed by atoms with Crippen LogP contribution in [0.4, 0.5) is 0 Å². The topological polar surface area (TPSA) is 38.5 Å². The molecule has 0 spiro atoms. The third kappa shape index (κ3) is 2.99. The minimum Gasteiger partial charge on any atom is -0.497 e. The van der Waals surface area contributed by atoms with Gasteiger partial charge in [0, 0.05) is 18.6 Å². The lowest BCUT2D eigenvalue weighted by Gasteiger charge is -2.35. The monoisotopic (exact) mass is 234 g/mol. The van der Waals surface area contributed by atoms with E-state index < -0.39 is 0 Å². The van der Waals surface area contributed by atoms with Gasteiger partial charge in [-0.1, -0.05) is 12.1 Å². The van der Waals surface area contributed by atoms with Gasteiger partial charge in [0.25, 0.3) is 0 Å². The van der Waals surface area contributed by atoms with E-state index in [4.69, 9.17) is 10.5 Å². The van der Waals surface area contributed by atoms with Crippen LogP contribution < -0.4 is 10.5 Å². The van der Waals surface area contributed by atoms with E-state index in [2.05, 4.69) is 24.0 Å². The fourth-order valence-electron chi connectivity index (χ4n) is 2.49. The number of likely N-dealkylation sites (tertiary alicyclic amines) is 1. The van der Waals surface area contributed by atoms with Gasteiger partial charge in [-0.25, -0.2) is 0 Å². The lowest BCUT2D eigenvalue weighted by atomic mass is 10.0. The van der Waals surface area contributed by atoms with Crippen LogP contribution >= 0.6 is 0 Å². The summed E-state index contributed by atoms with van der Waals surface area (Å²) < 4.78 is 5.18. The van der Waals surface area contributed by atoms with Gasteiger partial charge >= 0.3 is 0 Å². The lowest BCUT2D eigenvalue weighted by molar-refractivity contribution is 0.159. The number of methoxy groups -OCH3 is 1. The zero-order valence-corrected chi connectivity index (χ0v) is 10.7. The van der Waals surface area contributed by atoms with Crippen molar-refractivity contribution >= 4 is 0 Å². The van der Waals surface area contributed by atoms with Crippen LogP contribution in [0.3, 0.4) is 0 Å². The Hall–Kier alpha value is -1.06. The van der Waals surface area contributed by atoms with Gasteiger partial charge in [0.05, 0.1) is 7.11 Å². The maximum absolute atomic E-state index is 6.02. The van der Waals surface area contributed by atoms with Crippen LogP contribution in [0.15, 0.2) is 24.3 Å². The molecule has 0 radical (unpaired) electrons. The molecule has 0 amide bonds. The predicted molar refractivity (Wildman–Crippen MR) is 70.2 cm³/mol. The summed E-state index contributed by atoms with van der Waals surface area (Å²) in [5.74, 6) is 0.913. The Morgan fingerprint density at radius 3 is 2.65 bits per heavy atom. The summed E-state index contributed by atoms with van der Waals surface area (Å²) in [7, 11) is 1.70. The summed E-state index contributed by atoms with van der Waals surface area (Å²) in [5.41, 5.74) is 7.36. The molecule has 17 heavy (non-hydrogen) atoms. The van der Waals surface area contributed by atoms with Crippen molar-refractivity contribution in [3.63, 3.8) is 0 Å². The highest BCUT2D eigenvalue weighted by atomic mass is 16.5. The van der Waals surface area contributed by atoms with Gasteiger partial charge in [0.15, 0.2) is 0 Å². The molecule has 1 fully saturated rings. The first-order valence-corrected chi connectivity index (χ1v) is 6.34.